The number of hydrogen-bond donors (Lipinski definition) is 3. The molecule has 7 atom stereocenters. The lowest BCUT2D eigenvalue weighted by atomic mass is 9.71. The predicted octanol–water partition coefficient (Wildman–Crippen LogP) is 4.44. The molecule has 3 heterocycles. The number of carbonyl (C=O) groups is 2. The minimum atomic E-state index is -1.25. The van der Waals surface area contributed by atoms with E-state index < -0.39 is 35.6 Å². The second-order valence-corrected chi connectivity index (χ2v) is 13.0. The number of esters is 1. The number of fused-ring (bicyclic) bond motifs is 2. The van der Waals surface area contributed by atoms with Gasteiger partial charge in [0.1, 0.15) is 16.9 Å². The van der Waals surface area contributed by atoms with E-state index in [9.17, 15) is 19.8 Å². The molecule has 210 valence electrons. The molecule has 0 aliphatic carbocycles. The lowest BCUT2D eigenvalue weighted by molar-refractivity contribution is -0.156. The standard InChI is InChI=1S/C29H42N2O6S/c1-6-18-26(34)16(2)8-7-11-29(5)23(37-29)13-20(36-25(33)14-22(32)28(3,4)27(18)35)17-9-10-21-19(12-17)31-24(15-30)38-21/h9-10,12,16,18,20,22-23,26,32,34H,6-8,11,13-15,30H2,1-5H3/t16-,18+,20-,22-,23-,26-,29+/m0/s1. The van der Waals surface area contributed by atoms with Crippen LogP contribution in [0, 0.1) is 17.3 Å². The number of thiazole rings is 1. The minimum absolute atomic E-state index is 0.0773. The van der Waals surface area contributed by atoms with Crippen molar-refractivity contribution in [1.82, 2.24) is 4.98 Å². The molecule has 2 aliphatic heterocycles. The number of carbonyl (C=O) groups excluding carboxylic acids is 2. The van der Waals surface area contributed by atoms with Crippen molar-refractivity contribution in [2.75, 3.05) is 0 Å². The number of rotatable bonds is 3. The highest BCUT2D eigenvalue weighted by molar-refractivity contribution is 7.18. The van der Waals surface area contributed by atoms with Crippen LogP contribution in [0.4, 0.5) is 0 Å². The third kappa shape index (κ3) is 5.97. The SMILES string of the molecule is CC[C@H]1C(=O)C(C)(C)[C@@H](O)CC(=O)O[C@H](c2ccc3sc(CN)nc3c2)C[C@@H]2O[C@]2(C)CCC[C@H](C)[C@@H]1O. The maximum absolute atomic E-state index is 13.5. The molecular formula is C29H42N2O6S. The molecule has 1 aromatic heterocycles. The van der Waals surface area contributed by atoms with Crippen molar-refractivity contribution in [1.29, 1.82) is 0 Å². The molecular weight excluding hydrogens is 504 g/mol. The molecule has 2 aromatic rings. The minimum Gasteiger partial charge on any atom is -0.457 e. The molecule has 0 unspecified atom stereocenters. The van der Waals surface area contributed by atoms with Crippen LogP contribution in [0.2, 0.25) is 0 Å². The lowest BCUT2D eigenvalue weighted by Crippen LogP contribution is -2.46. The highest BCUT2D eigenvalue weighted by Crippen LogP contribution is 2.47. The third-order valence-electron chi connectivity index (χ3n) is 8.67. The van der Waals surface area contributed by atoms with E-state index in [-0.39, 0.29) is 29.8 Å². The molecule has 1 aromatic carbocycles. The number of nitrogens with two attached hydrogens (primary N) is 1. The Morgan fingerprint density at radius 3 is 2.63 bits per heavy atom. The first-order valence-electron chi connectivity index (χ1n) is 13.8. The Kier molecular flexibility index (Phi) is 8.64. The molecule has 2 saturated heterocycles. The van der Waals surface area contributed by atoms with Crippen LogP contribution in [-0.2, 0) is 25.6 Å². The van der Waals surface area contributed by atoms with Gasteiger partial charge in [0.05, 0.1) is 46.0 Å². The van der Waals surface area contributed by atoms with Crippen LogP contribution in [0.5, 0.6) is 0 Å². The fraction of sp³-hybridized carbons (Fsp3) is 0.690. The molecule has 2 aliphatic rings. The molecule has 2 fully saturated rings. The van der Waals surface area contributed by atoms with Gasteiger partial charge in [-0.05, 0) is 49.8 Å². The van der Waals surface area contributed by atoms with E-state index in [2.05, 4.69) is 11.9 Å². The van der Waals surface area contributed by atoms with E-state index in [1.807, 2.05) is 32.0 Å². The maximum atomic E-state index is 13.5. The lowest BCUT2D eigenvalue weighted by Gasteiger charge is -2.35. The van der Waals surface area contributed by atoms with Gasteiger partial charge in [0, 0.05) is 18.9 Å². The van der Waals surface area contributed by atoms with Crippen molar-refractivity contribution in [2.45, 2.75) is 110 Å². The number of Topliss-reactive ketones (excluding diaryl/α,β-unsaturated/α-hetero) is 1. The average Bonchev–Trinajstić information content (AvgIpc) is 3.31. The Morgan fingerprint density at radius 2 is 1.95 bits per heavy atom. The number of hydrogen-bond acceptors (Lipinski definition) is 9. The number of aliphatic hydroxyl groups is 2. The monoisotopic (exact) mass is 546 g/mol. The zero-order valence-electron chi connectivity index (χ0n) is 23.1. The van der Waals surface area contributed by atoms with Gasteiger partial charge in [-0.25, -0.2) is 4.98 Å². The van der Waals surface area contributed by atoms with Crippen LogP contribution in [0.3, 0.4) is 0 Å². The highest BCUT2D eigenvalue weighted by atomic mass is 32.1. The third-order valence-corrected chi connectivity index (χ3v) is 9.73. The number of ether oxygens (including phenoxy) is 2. The summed E-state index contributed by atoms with van der Waals surface area (Å²) < 4.78 is 13.1. The summed E-state index contributed by atoms with van der Waals surface area (Å²) in [4.78, 5) is 31.2. The van der Waals surface area contributed by atoms with Crippen LogP contribution in [0.1, 0.15) is 89.8 Å². The van der Waals surface area contributed by atoms with E-state index in [0.717, 1.165) is 40.1 Å². The van der Waals surface area contributed by atoms with Gasteiger partial charge in [0.15, 0.2) is 0 Å². The molecule has 9 heteroatoms. The van der Waals surface area contributed by atoms with Crippen LogP contribution in [0.25, 0.3) is 10.2 Å². The summed E-state index contributed by atoms with van der Waals surface area (Å²) in [6.07, 6.45) is 0.329. The van der Waals surface area contributed by atoms with Gasteiger partial charge >= 0.3 is 5.97 Å². The number of ketones is 1. The van der Waals surface area contributed by atoms with Crippen LogP contribution in [-0.4, -0.2) is 50.9 Å². The number of nitrogens with zero attached hydrogens (tertiary/aromatic N) is 1. The summed E-state index contributed by atoms with van der Waals surface area (Å²) in [6.45, 7) is 9.56. The van der Waals surface area contributed by atoms with E-state index in [0.29, 0.717) is 19.4 Å². The fourth-order valence-corrected chi connectivity index (χ4v) is 6.55. The number of benzene rings is 1. The number of epoxide rings is 1. The maximum Gasteiger partial charge on any atom is 0.309 e. The van der Waals surface area contributed by atoms with Gasteiger partial charge in [-0.2, -0.15) is 0 Å². The summed E-state index contributed by atoms with van der Waals surface area (Å²) in [5.41, 5.74) is 5.84. The first-order chi connectivity index (χ1) is 17.9. The molecule has 0 saturated carbocycles. The van der Waals surface area contributed by atoms with Gasteiger partial charge in [-0.15, -0.1) is 11.3 Å². The van der Waals surface area contributed by atoms with Crippen LogP contribution in [0.15, 0.2) is 18.2 Å². The van der Waals surface area contributed by atoms with Crippen molar-refractivity contribution in [2.24, 2.45) is 23.0 Å². The summed E-state index contributed by atoms with van der Waals surface area (Å²) in [5.74, 6) is -1.51. The Labute approximate surface area is 228 Å². The molecule has 8 nitrogen and oxygen atoms in total. The van der Waals surface area contributed by atoms with Gasteiger partial charge in [0.2, 0.25) is 0 Å². The topological polar surface area (TPSA) is 135 Å². The van der Waals surface area contributed by atoms with Crippen molar-refractivity contribution in [3.8, 4) is 0 Å². The molecule has 0 radical (unpaired) electrons. The molecule has 0 bridgehead atoms. The number of aromatic nitrogens is 1. The average molecular weight is 547 g/mol. The Hall–Kier alpha value is -1.91. The number of aliphatic hydroxyl groups excluding tert-OH is 2. The van der Waals surface area contributed by atoms with E-state index >= 15 is 0 Å². The van der Waals surface area contributed by atoms with Gasteiger partial charge < -0.3 is 25.4 Å². The predicted molar refractivity (Wildman–Crippen MR) is 146 cm³/mol. The summed E-state index contributed by atoms with van der Waals surface area (Å²) in [5, 5.41) is 22.9. The van der Waals surface area contributed by atoms with Crippen molar-refractivity contribution < 1.29 is 29.3 Å². The molecule has 0 spiro atoms. The summed E-state index contributed by atoms with van der Waals surface area (Å²) in [7, 11) is 0. The van der Waals surface area contributed by atoms with E-state index in [1.165, 1.54) is 11.3 Å². The molecule has 0 amide bonds. The zero-order valence-corrected chi connectivity index (χ0v) is 23.9. The first-order valence-corrected chi connectivity index (χ1v) is 14.6. The smallest absolute Gasteiger partial charge is 0.309 e. The molecule has 38 heavy (non-hydrogen) atoms. The van der Waals surface area contributed by atoms with Gasteiger partial charge in [-0.3, -0.25) is 9.59 Å². The van der Waals surface area contributed by atoms with Gasteiger partial charge in [-0.1, -0.05) is 40.2 Å². The molecule has 4 rings (SSSR count). The Bertz CT molecular complexity index is 1170. The highest BCUT2D eigenvalue weighted by Gasteiger charge is 2.53. The second-order valence-electron chi connectivity index (χ2n) is 11.9. The fourth-order valence-electron chi connectivity index (χ4n) is 5.72. The quantitative estimate of drug-likeness (QED) is 0.380. The normalized spacial score (nSPS) is 35.1. The van der Waals surface area contributed by atoms with Crippen molar-refractivity contribution in [3.63, 3.8) is 0 Å². The summed E-state index contributed by atoms with van der Waals surface area (Å²) >= 11 is 1.54. The Balaban J connectivity index is 1.62. The van der Waals surface area contributed by atoms with Crippen LogP contribution < -0.4 is 5.73 Å². The second kappa shape index (κ2) is 11.3. The Morgan fingerprint density at radius 1 is 1.21 bits per heavy atom. The van der Waals surface area contributed by atoms with E-state index in [1.54, 1.807) is 13.8 Å². The van der Waals surface area contributed by atoms with Crippen molar-refractivity contribution in [3.05, 3.63) is 28.8 Å². The molecule has 4 N–H and O–H groups in total. The van der Waals surface area contributed by atoms with Gasteiger partial charge in [0.25, 0.3) is 0 Å². The number of cyclic esters (lactones) is 1. The van der Waals surface area contributed by atoms with E-state index in [4.69, 9.17) is 15.2 Å². The summed E-state index contributed by atoms with van der Waals surface area (Å²) in [6, 6.07) is 5.84. The first kappa shape index (κ1) is 29.1. The van der Waals surface area contributed by atoms with Crippen molar-refractivity contribution >= 4 is 33.3 Å². The largest absolute Gasteiger partial charge is 0.457 e. The zero-order chi connectivity index (χ0) is 27.8. The van der Waals surface area contributed by atoms with Crippen LogP contribution >= 0.6 is 11.3 Å².